The fourth-order valence-corrected chi connectivity index (χ4v) is 4.81. The van der Waals surface area contributed by atoms with Crippen LogP contribution >= 0.6 is 0 Å². The van der Waals surface area contributed by atoms with Gasteiger partial charge in [-0.15, -0.1) is 0 Å². The number of aromatic amines is 1. The van der Waals surface area contributed by atoms with E-state index in [1.54, 1.807) is 18.5 Å². The van der Waals surface area contributed by atoms with E-state index < -0.39 is 17.2 Å². The molecule has 40 heavy (non-hydrogen) atoms. The highest BCUT2D eigenvalue weighted by Crippen LogP contribution is 2.31. The molecular weight excluding hydrogens is 512 g/mol. The second-order valence-corrected chi connectivity index (χ2v) is 9.53. The quantitative estimate of drug-likeness (QED) is 0.218. The normalized spacial score (nSPS) is 11.2. The Kier molecular flexibility index (Phi) is 6.66. The molecule has 0 aliphatic heterocycles. The van der Waals surface area contributed by atoms with Gasteiger partial charge in [-0.2, -0.15) is 0 Å². The molecule has 4 heterocycles. The van der Waals surface area contributed by atoms with Crippen molar-refractivity contribution in [3.05, 3.63) is 136 Å². The Labute approximate surface area is 227 Å². The number of fused-ring (bicyclic) bond motifs is 1. The van der Waals surface area contributed by atoms with Gasteiger partial charge in [-0.1, -0.05) is 30.3 Å². The summed E-state index contributed by atoms with van der Waals surface area (Å²) in [6.07, 6.45) is 7.41. The first kappa shape index (κ1) is 25.2. The summed E-state index contributed by atoms with van der Waals surface area (Å²) in [5, 5.41) is 0.952. The molecule has 0 aliphatic rings. The largest absolute Gasteiger partial charge is 0.464 e. The maximum Gasteiger partial charge on any atom is 0.261 e. The Bertz CT molecular complexity index is 1910. The van der Waals surface area contributed by atoms with Gasteiger partial charge in [0.1, 0.15) is 11.4 Å². The molecule has 0 amide bonds. The van der Waals surface area contributed by atoms with Crippen molar-refractivity contribution in [3.63, 3.8) is 0 Å². The number of halogens is 2. The molecule has 0 aliphatic carbocycles. The van der Waals surface area contributed by atoms with Gasteiger partial charge < -0.3 is 14.0 Å². The van der Waals surface area contributed by atoms with Gasteiger partial charge in [-0.25, -0.2) is 13.8 Å². The maximum absolute atomic E-state index is 13.6. The first-order valence-electron chi connectivity index (χ1n) is 12.7. The van der Waals surface area contributed by atoms with Crippen molar-refractivity contribution in [3.8, 4) is 22.5 Å². The summed E-state index contributed by atoms with van der Waals surface area (Å²) < 4.78 is 33.7. The molecule has 6 rings (SSSR count). The molecule has 0 saturated carbocycles. The van der Waals surface area contributed by atoms with Crippen LogP contribution in [-0.2, 0) is 13.0 Å². The lowest BCUT2D eigenvalue weighted by molar-refractivity contribution is 0.0980. The number of pyridine rings is 2. The molecular formula is C32H23F2N3O3. The Hall–Kier alpha value is -5.11. The highest BCUT2D eigenvalue weighted by Gasteiger charge is 2.15. The van der Waals surface area contributed by atoms with Gasteiger partial charge in [0, 0.05) is 41.5 Å². The molecule has 8 heteroatoms. The topological polar surface area (TPSA) is 80.9 Å². The van der Waals surface area contributed by atoms with Crippen LogP contribution in [0.5, 0.6) is 0 Å². The zero-order chi connectivity index (χ0) is 27.6. The molecule has 0 saturated heterocycles. The number of benzene rings is 2. The zero-order valence-electron chi connectivity index (χ0n) is 21.2. The monoisotopic (exact) mass is 535 g/mol. The van der Waals surface area contributed by atoms with Crippen LogP contribution in [0.1, 0.15) is 27.9 Å². The van der Waals surface area contributed by atoms with Crippen LogP contribution < -0.4 is 5.56 Å². The SMILES string of the molecule is O=C(CCc1cccc(-c2c[nH]c3ncc(-c4ccco4)cc23)c1)c1cccn(Cc2ccc(F)c(F)c2)c1=O. The molecule has 0 radical (unpaired) electrons. The van der Waals surface area contributed by atoms with Gasteiger partial charge in [-0.05, 0) is 65.6 Å². The number of aromatic nitrogens is 3. The van der Waals surface area contributed by atoms with E-state index in [9.17, 15) is 18.4 Å². The molecule has 4 aromatic heterocycles. The second-order valence-electron chi connectivity index (χ2n) is 9.53. The number of carbonyl (C=O) groups excluding carboxylic acids is 1. The van der Waals surface area contributed by atoms with Crippen LogP contribution in [0.2, 0.25) is 0 Å². The van der Waals surface area contributed by atoms with Crippen LogP contribution in [0.4, 0.5) is 8.78 Å². The van der Waals surface area contributed by atoms with Crippen molar-refractivity contribution in [2.75, 3.05) is 0 Å². The summed E-state index contributed by atoms with van der Waals surface area (Å²) >= 11 is 0. The number of aryl methyl sites for hydroxylation is 1. The Balaban J connectivity index is 1.20. The Morgan fingerprint density at radius 2 is 1.82 bits per heavy atom. The third-order valence-electron chi connectivity index (χ3n) is 6.87. The van der Waals surface area contributed by atoms with Gasteiger partial charge in [0.05, 0.1) is 18.4 Å². The third-order valence-corrected chi connectivity index (χ3v) is 6.87. The minimum atomic E-state index is -0.984. The van der Waals surface area contributed by atoms with Crippen molar-refractivity contribution >= 4 is 16.8 Å². The van der Waals surface area contributed by atoms with Crippen molar-refractivity contribution in [2.24, 2.45) is 0 Å². The fourth-order valence-electron chi connectivity index (χ4n) is 4.81. The number of Topliss-reactive ketones (excluding diaryl/α,β-unsaturated/α-hetero) is 1. The summed E-state index contributed by atoms with van der Waals surface area (Å²) in [6, 6.07) is 20.3. The molecule has 6 aromatic rings. The number of H-pyrrole nitrogens is 1. The zero-order valence-corrected chi connectivity index (χ0v) is 21.2. The van der Waals surface area contributed by atoms with E-state index >= 15 is 0 Å². The van der Waals surface area contributed by atoms with E-state index in [1.165, 1.54) is 22.9 Å². The lowest BCUT2D eigenvalue weighted by Gasteiger charge is -2.09. The standard InChI is InChI=1S/C32H23F2N3O3/c33-27-10-8-21(15-28(27)34)19-37-12-2-6-24(32(37)39)29(38)11-9-20-4-1-5-22(14-20)26-18-36-31-25(26)16-23(17-35-31)30-7-3-13-40-30/h1-8,10,12-18H,9,11,19H2,(H,35,36). The molecule has 6 nitrogen and oxygen atoms in total. The predicted octanol–water partition coefficient (Wildman–Crippen LogP) is 6.79. The van der Waals surface area contributed by atoms with E-state index in [2.05, 4.69) is 9.97 Å². The summed E-state index contributed by atoms with van der Waals surface area (Å²) in [6.45, 7) is 0.0281. The van der Waals surface area contributed by atoms with Crippen molar-refractivity contribution in [1.29, 1.82) is 0 Å². The van der Waals surface area contributed by atoms with Crippen molar-refractivity contribution < 1.29 is 18.0 Å². The molecule has 0 spiro atoms. The average Bonchev–Trinajstić information content (AvgIpc) is 3.65. The van der Waals surface area contributed by atoms with Crippen molar-refractivity contribution in [1.82, 2.24) is 14.5 Å². The van der Waals surface area contributed by atoms with Gasteiger partial charge >= 0.3 is 0 Å². The maximum atomic E-state index is 13.6. The van der Waals surface area contributed by atoms with Crippen LogP contribution in [0.15, 0.2) is 107 Å². The number of nitrogens with one attached hydrogen (secondary N) is 1. The molecule has 0 unspecified atom stereocenters. The number of ketones is 1. The lowest BCUT2D eigenvalue weighted by atomic mass is 9.98. The van der Waals surface area contributed by atoms with Crippen LogP contribution in [0.25, 0.3) is 33.5 Å². The van der Waals surface area contributed by atoms with E-state index in [0.717, 1.165) is 51.2 Å². The number of furan rings is 1. The molecule has 2 aromatic carbocycles. The van der Waals surface area contributed by atoms with Gasteiger partial charge in [-0.3, -0.25) is 9.59 Å². The number of hydrogen-bond acceptors (Lipinski definition) is 4. The molecule has 198 valence electrons. The molecule has 1 N–H and O–H groups in total. The summed E-state index contributed by atoms with van der Waals surface area (Å²) in [4.78, 5) is 33.8. The van der Waals surface area contributed by atoms with E-state index in [1.807, 2.05) is 48.7 Å². The van der Waals surface area contributed by atoms with Gasteiger partial charge in [0.2, 0.25) is 0 Å². The van der Waals surface area contributed by atoms with E-state index in [-0.39, 0.29) is 24.3 Å². The number of carbonyl (C=O) groups is 1. The lowest BCUT2D eigenvalue weighted by Crippen LogP contribution is -2.26. The molecule has 0 bridgehead atoms. The Morgan fingerprint density at radius 1 is 0.925 bits per heavy atom. The van der Waals surface area contributed by atoms with Crippen LogP contribution in [0, 0.1) is 11.6 Å². The van der Waals surface area contributed by atoms with Crippen LogP contribution in [-0.4, -0.2) is 20.3 Å². The number of hydrogen-bond donors (Lipinski definition) is 1. The second kappa shape index (κ2) is 10.6. The highest BCUT2D eigenvalue weighted by atomic mass is 19.2. The average molecular weight is 536 g/mol. The first-order valence-corrected chi connectivity index (χ1v) is 12.7. The smallest absolute Gasteiger partial charge is 0.261 e. The van der Waals surface area contributed by atoms with E-state index in [0.29, 0.717) is 12.0 Å². The van der Waals surface area contributed by atoms with Gasteiger partial charge in [0.15, 0.2) is 17.4 Å². The minimum absolute atomic E-state index is 0.0281. The number of rotatable bonds is 8. The van der Waals surface area contributed by atoms with Crippen molar-refractivity contribution in [2.45, 2.75) is 19.4 Å². The Morgan fingerprint density at radius 3 is 2.65 bits per heavy atom. The predicted molar refractivity (Wildman–Crippen MR) is 148 cm³/mol. The first-order chi connectivity index (χ1) is 19.5. The summed E-state index contributed by atoms with van der Waals surface area (Å²) in [7, 11) is 0. The van der Waals surface area contributed by atoms with Gasteiger partial charge in [0.25, 0.3) is 5.56 Å². The third kappa shape index (κ3) is 4.99. The van der Waals surface area contributed by atoms with E-state index in [4.69, 9.17) is 4.42 Å². The molecule has 0 atom stereocenters. The fraction of sp³-hybridized carbons (Fsp3) is 0.0938. The highest BCUT2D eigenvalue weighted by molar-refractivity contribution is 5.96. The van der Waals surface area contributed by atoms with Crippen LogP contribution in [0.3, 0.4) is 0 Å². The molecule has 0 fully saturated rings. The minimum Gasteiger partial charge on any atom is -0.464 e. The summed E-state index contributed by atoms with van der Waals surface area (Å²) in [5.41, 5.74) is 4.56. The number of nitrogens with zero attached hydrogens (tertiary/aromatic N) is 2. The summed E-state index contributed by atoms with van der Waals surface area (Å²) in [5.74, 6) is -1.49.